The van der Waals surface area contributed by atoms with Crippen molar-refractivity contribution < 1.29 is 24.2 Å². The number of aliphatic hydroxyl groups is 1. The second kappa shape index (κ2) is 9.88. The second-order valence-corrected chi connectivity index (χ2v) is 8.67. The van der Waals surface area contributed by atoms with Crippen LogP contribution in [-0.4, -0.2) is 47.5 Å². The lowest BCUT2D eigenvalue weighted by Crippen LogP contribution is -2.39. The molecule has 0 bridgehead atoms. The normalized spacial score (nSPS) is 23.0. The number of fused-ring (bicyclic) bond motifs is 1. The van der Waals surface area contributed by atoms with Crippen molar-refractivity contribution in [3.8, 4) is 0 Å². The van der Waals surface area contributed by atoms with Gasteiger partial charge in [-0.3, -0.25) is 14.2 Å². The molecule has 0 radical (unpaired) electrons. The number of amides is 1. The number of aromatic nitrogens is 1. The topological polar surface area (TPSA) is 89.8 Å². The van der Waals surface area contributed by atoms with Crippen LogP contribution in [0.3, 0.4) is 0 Å². The molecule has 1 aromatic carbocycles. The summed E-state index contributed by atoms with van der Waals surface area (Å²) in [7, 11) is 0. The Kier molecular flexibility index (Phi) is 6.96. The Morgan fingerprint density at radius 2 is 2.06 bits per heavy atom. The van der Waals surface area contributed by atoms with Crippen molar-refractivity contribution in [1.29, 1.82) is 0 Å². The molecular formula is C25H32N2O5. The zero-order valence-corrected chi connectivity index (χ0v) is 18.8. The highest BCUT2D eigenvalue weighted by molar-refractivity contribution is 5.95. The van der Waals surface area contributed by atoms with Gasteiger partial charge in [-0.2, -0.15) is 0 Å². The van der Waals surface area contributed by atoms with E-state index in [0.29, 0.717) is 31.9 Å². The van der Waals surface area contributed by atoms with Gasteiger partial charge in [-0.25, -0.2) is 0 Å². The fourth-order valence-corrected chi connectivity index (χ4v) is 4.50. The number of hydrogen-bond acceptors (Lipinski definition) is 5. The fraction of sp³-hybridized carbons (Fsp3) is 0.520. The van der Waals surface area contributed by atoms with E-state index >= 15 is 0 Å². The van der Waals surface area contributed by atoms with Crippen molar-refractivity contribution in [3.63, 3.8) is 0 Å². The molecule has 2 aromatic rings. The highest BCUT2D eigenvalue weighted by atomic mass is 16.7. The third kappa shape index (κ3) is 4.74. The molecule has 7 nitrogen and oxygen atoms in total. The number of ether oxygens (including phenoxy) is 2. The molecule has 0 spiro atoms. The average Bonchev–Trinajstić information content (AvgIpc) is 3.54. The van der Waals surface area contributed by atoms with Gasteiger partial charge in [0.1, 0.15) is 0 Å². The Morgan fingerprint density at radius 3 is 2.75 bits per heavy atom. The summed E-state index contributed by atoms with van der Waals surface area (Å²) >= 11 is 0. The Morgan fingerprint density at radius 1 is 1.28 bits per heavy atom. The van der Waals surface area contributed by atoms with Crippen LogP contribution in [0.4, 0.5) is 0 Å². The molecule has 0 unspecified atom stereocenters. The van der Waals surface area contributed by atoms with E-state index in [1.54, 1.807) is 11.5 Å². The first-order chi connectivity index (χ1) is 15.5. The van der Waals surface area contributed by atoms with Crippen LogP contribution in [0.5, 0.6) is 0 Å². The maximum Gasteiger partial charge on any atom is 0.286 e. The SMILES string of the molecule is CCO[C@@H]1OC(C(=O)NCC2CC2)=C[C@H](c2cn(C(C)=O)c3ccccc23)[C@H]1CCCO. The molecule has 3 atom stereocenters. The molecule has 1 fully saturated rings. The first-order valence-corrected chi connectivity index (χ1v) is 11.5. The zero-order chi connectivity index (χ0) is 22.7. The van der Waals surface area contributed by atoms with Crippen LogP contribution in [-0.2, 0) is 14.3 Å². The predicted octanol–water partition coefficient (Wildman–Crippen LogP) is 3.58. The number of hydrogen-bond donors (Lipinski definition) is 2. The summed E-state index contributed by atoms with van der Waals surface area (Å²) in [5.74, 6) is 0.218. The van der Waals surface area contributed by atoms with Crippen LogP contribution in [0, 0.1) is 11.8 Å². The minimum atomic E-state index is -0.609. The van der Waals surface area contributed by atoms with E-state index in [1.165, 1.54) is 0 Å². The van der Waals surface area contributed by atoms with Crippen LogP contribution < -0.4 is 5.32 Å². The van der Waals surface area contributed by atoms with E-state index < -0.39 is 6.29 Å². The first kappa shape index (κ1) is 22.6. The third-order valence-electron chi connectivity index (χ3n) is 6.32. The molecular weight excluding hydrogens is 408 g/mol. The van der Waals surface area contributed by atoms with Gasteiger partial charge in [0.2, 0.25) is 12.2 Å². The molecule has 4 rings (SSSR count). The van der Waals surface area contributed by atoms with Gasteiger partial charge < -0.3 is 19.9 Å². The van der Waals surface area contributed by atoms with Crippen LogP contribution in [0.25, 0.3) is 10.9 Å². The maximum absolute atomic E-state index is 12.9. The van der Waals surface area contributed by atoms with Crippen LogP contribution in [0.1, 0.15) is 55.8 Å². The van der Waals surface area contributed by atoms with E-state index in [-0.39, 0.29) is 36.0 Å². The van der Waals surface area contributed by atoms with Gasteiger partial charge >= 0.3 is 0 Å². The molecule has 1 aromatic heterocycles. The van der Waals surface area contributed by atoms with E-state index in [2.05, 4.69) is 5.32 Å². The standard InChI is InChI=1S/C25H32N2O5/c1-3-31-25-19(8-6-12-28)20(13-23(32-25)24(30)26-14-17-10-11-17)21-15-27(16(2)29)22-9-5-4-7-18(21)22/h4-5,7,9,13,15,17,19-20,25,28H,3,6,8,10-12,14H2,1-2H3,(H,26,30)/t19-,20+,25-/m1/s1. The smallest absolute Gasteiger partial charge is 0.286 e. The van der Waals surface area contributed by atoms with Crippen molar-refractivity contribution in [2.75, 3.05) is 19.8 Å². The number of nitrogens with zero attached hydrogens (tertiary/aromatic N) is 1. The van der Waals surface area contributed by atoms with Gasteiger partial charge in [-0.05, 0) is 56.2 Å². The zero-order valence-electron chi connectivity index (χ0n) is 18.8. The molecule has 1 amide bonds. The molecule has 1 aliphatic heterocycles. The van der Waals surface area contributed by atoms with E-state index in [9.17, 15) is 14.7 Å². The monoisotopic (exact) mass is 440 g/mol. The Bertz CT molecular complexity index is 1010. The summed E-state index contributed by atoms with van der Waals surface area (Å²) in [5, 5.41) is 13.4. The fourth-order valence-electron chi connectivity index (χ4n) is 4.50. The summed E-state index contributed by atoms with van der Waals surface area (Å²) in [6, 6.07) is 7.79. The summed E-state index contributed by atoms with van der Waals surface area (Å²) in [6.45, 7) is 4.60. The average molecular weight is 441 g/mol. The first-order valence-electron chi connectivity index (χ1n) is 11.5. The maximum atomic E-state index is 12.9. The predicted molar refractivity (Wildman–Crippen MR) is 121 cm³/mol. The molecule has 7 heteroatoms. The van der Waals surface area contributed by atoms with E-state index in [4.69, 9.17) is 9.47 Å². The number of carbonyl (C=O) groups is 2. The number of nitrogens with one attached hydrogen (secondary N) is 1. The van der Waals surface area contributed by atoms with Crippen molar-refractivity contribution in [1.82, 2.24) is 9.88 Å². The molecule has 32 heavy (non-hydrogen) atoms. The Hall–Kier alpha value is -2.64. The van der Waals surface area contributed by atoms with Gasteiger partial charge in [-0.1, -0.05) is 18.2 Å². The van der Waals surface area contributed by atoms with E-state index in [1.807, 2.05) is 43.5 Å². The number of allylic oxidation sites excluding steroid dienone is 1. The lowest BCUT2D eigenvalue weighted by Gasteiger charge is -2.36. The van der Waals surface area contributed by atoms with Crippen molar-refractivity contribution in [2.45, 2.75) is 51.7 Å². The molecule has 0 saturated heterocycles. The summed E-state index contributed by atoms with van der Waals surface area (Å²) < 4.78 is 13.6. The van der Waals surface area contributed by atoms with Crippen molar-refractivity contribution >= 4 is 22.7 Å². The number of benzene rings is 1. The molecule has 2 aliphatic rings. The molecule has 2 N–H and O–H groups in total. The summed E-state index contributed by atoms with van der Waals surface area (Å²) in [6.07, 6.45) is 6.69. The van der Waals surface area contributed by atoms with Gasteiger partial charge in [-0.15, -0.1) is 0 Å². The summed E-state index contributed by atoms with van der Waals surface area (Å²) in [5.41, 5.74) is 1.79. The molecule has 1 saturated carbocycles. The minimum absolute atomic E-state index is 0.0652. The molecule has 2 heterocycles. The van der Waals surface area contributed by atoms with Crippen LogP contribution >= 0.6 is 0 Å². The van der Waals surface area contributed by atoms with E-state index in [0.717, 1.165) is 29.3 Å². The molecule has 172 valence electrons. The van der Waals surface area contributed by atoms with Gasteiger partial charge in [0.15, 0.2) is 5.76 Å². The lowest BCUT2D eigenvalue weighted by molar-refractivity contribution is -0.166. The van der Waals surface area contributed by atoms with Crippen LogP contribution in [0.15, 0.2) is 42.3 Å². The van der Waals surface area contributed by atoms with Gasteiger partial charge in [0, 0.05) is 50.1 Å². The lowest BCUT2D eigenvalue weighted by atomic mass is 9.80. The number of carbonyl (C=O) groups excluding carboxylic acids is 2. The van der Waals surface area contributed by atoms with Gasteiger partial charge in [0.05, 0.1) is 5.52 Å². The quantitative estimate of drug-likeness (QED) is 0.622. The second-order valence-electron chi connectivity index (χ2n) is 8.67. The molecule has 1 aliphatic carbocycles. The van der Waals surface area contributed by atoms with Gasteiger partial charge in [0.25, 0.3) is 5.91 Å². The van der Waals surface area contributed by atoms with Crippen molar-refractivity contribution in [2.24, 2.45) is 11.8 Å². The Labute approximate surface area is 188 Å². The highest BCUT2D eigenvalue weighted by Crippen LogP contribution is 2.42. The largest absolute Gasteiger partial charge is 0.459 e. The minimum Gasteiger partial charge on any atom is -0.459 e. The van der Waals surface area contributed by atoms with Crippen molar-refractivity contribution in [3.05, 3.63) is 47.9 Å². The highest BCUT2D eigenvalue weighted by Gasteiger charge is 2.39. The Balaban J connectivity index is 1.76. The number of para-hydroxylation sites is 1. The number of rotatable bonds is 9. The third-order valence-corrected chi connectivity index (χ3v) is 6.32. The van der Waals surface area contributed by atoms with Crippen LogP contribution in [0.2, 0.25) is 0 Å². The number of aliphatic hydroxyl groups excluding tert-OH is 1. The summed E-state index contributed by atoms with van der Waals surface area (Å²) in [4.78, 5) is 25.2.